The zero-order valence-electron chi connectivity index (χ0n) is 23.0. The molecule has 0 bridgehead atoms. The minimum Gasteiger partial charge on any atom is -0.382 e. The highest BCUT2D eigenvalue weighted by molar-refractivity contribution is 7.15. The van der Waals surface area contributed by atoms with E-state index < -0.39 is 12.7 Å². The van der Waals surface area contributed by atoms with Crippen LogP contribution in [0, 0.1) is 0 Å². The zero-order valence-corrected chi connectivity index (χ0v) is 23.9. The number of fused-ring (bicyclic) bond motifs is 1. The lowest BCUT2D eigenvalue weighted by Gasteiger charge is -2.30. The highest BCUT2D eigenvalue weighted by Gasteiger charge is 2.29. The molecule has 0 spiro atoms. The summed E-state index contributed by atoms with van der Waals surface area (Å²) in [6, 6.07) is 5.72. The van der Waals surface area contributed by atoms with Gasteiger partial charge in [0.2, 0.25) is 0 Å². The number of hydrogen-bond acceptors (Lipinski definition) is 6. The Labute approximate surface area is 235 Å². The molecule has 0 atom stereocenters. The van der Waals surface area contributed by atoms with Gasteiger partial charge >= 0.3 is 6.18 Å². The summed E-state index contributed by atoms with van der Waals surface area (Å²) < 4.78 is 43.0. The average molecular weight is 574 g/mol. The number of anilines is 1. The van der Waals surface area contributed by atoms with Crippen LogP contribution in [0.3, 0.4) is 0 Å². The Morgan fingerprint density at radius 3 is 2.58 bits per heavy atom. The number of nitrogens with one attached hydrogen (secondary N) is 2. The fourth-order valence-electron chi connectivity index (χ4n) is 4.84. The molecule has 0 radical (unpaired) electrons. The Morgan fingerprint density at radius 1 is 1.15 bits per heavy atom. The Kier molecular flexibility index (Phi) is 7.66. The second-order valence-electron chi connectivity index (χ2n) is 11.4. The van der Waals surface area contributed by atoms with Crippen LogP contribution >= 0.6 is 11.3 Å². The van der Waals surface area contributed by atoms with E-state index in [1.54, 1.807) is 35.4 Å². The minimum atomic E-state index is -4.33. The maximum Gasteiger partial charge on any atom is 0.406 e. The number of aromatic nitrogens is 4. The van der Waals surface area contributed by atoms with Crippen molar-refractivity contribution in [3.63, 3.8) is 0 Å². The molecule has 3 aromatic heterocycles. The van der Waals surface area contributed by atoms with Crippen LogP contribution < -0.4 is 10.6 Å². The van der Waals surface area contributed by atoms with Gasteiger partial charge in [-0.25, -0.2) is 4.98 Å². The normalized spacial score (nSPS) is 15.6. The SMILES string of the molecule is CN1CCC(Nc2cc(-c3ncc(CNC(=O)c4cnn(C(C)(C)C)c4)s3)cc3c2ccn3CC(F)(F)F)CC1. The number of hydrogen-bond donors (Lipinski definition) is 2. The largest absolute Gasteiger partial charge is 0.406 e. The molecule has 40 heavy (non-hydrogen) atoms. The second-order valence-corrected chi connectivity index (χ2v) is 12.5. The van der Waals surface area contributed by atoms with Crippen LogP contribution in [0.15, 0.2) is 43.0 Å². The molecule has 2 N–H and O–H groups in total. The van der Waals surface area contributed by atoms with E-state index in [4.69, 9.17) is 0 Å². The summed E-state index contributed by atoms with van der Waals surface area (Å²) in [5, 5.41) is 12.2. The summed E-state index contributed by atoms with van der Waals surface area (Å²) >= 11 is 1.41. The molecule has 12 heteroatoms. The number of carbonyl (C=O) groups is 1. The highest BCUT2D eigenvalue weighted by atomic mass is 32.1. The first-order chi connectivity index (χ1) is 18.9. The predicted molar refractivity (Wildman–Crippen MR) is 152 cm³/mol. The number of benzene rings is 1. The number of halogens is 3. The van der Waals surface area contributed by atoms with Crippen molar-refractivity contribution in [2.24, 2.45) is 0 Å². The fourth-order valence-corrected chi connectivity index (χ4v) is 5.68. The third-order valence-electron chi connectivity index (χ3n) is 7.07. The van der Waals surface area contributed by atoms with Gasteiger partial charge in [-0.2, -0.15) is 18.3 Å². The lowest BCUT2D eigenvalue weighted by Crippen LogP contribution is -2.36. The topological polar surface area (TPSA) is 80.0 Å². The summed E-state index contributed by atoms with van der Waals surface area (Å²) in [6.07, 6.45) is 4.04. The van der Waals surface area contributed by atoms with E-state index in [2.05, 4.69) is 32.7 Å². The number of alkyl halides is 3. The van der Waals surface area contributed by atoms with Crippen molar-refractivity contribution in [1.29, 1.82) is 0 Å². The van der Waals surface area contributed by atoms with Gasteiger partial charge in [-0.05, 0) is 71.9 Å². The quantitative estimate of drug-likeness (QED) is 0.296. The molecule has 5 rings (SSSR count). The van der Waals surface area contributed by atoms with Crippen molar-refractivity contribution in [1.82, 2.24) is 29.5 Å². The second kappa shape index (κ2) is 10.9. The number of thiazole rings is 1. The van der Waals surface area contributed by atoms with Crippen LogP contribution in [-0.2, 0) is 18.6 Å². The molecule has 1 aliphatic rings. The molecule has 8 nitrogen and oxygen atoms in total. The highest BCUT2D eigenvalue weighted by Crippen LogP contribution is 2.36. The summed E-state index contributed by atoms with van der Waals surface area (Å²) in [5.41, 5.74) is 2.29. The summed E-state index contributed by atoms with van der Waals surface area (Å²) in [5.74, 6) is -0.235. The van der Waals surface area contributed by atoms with Gasteiger partial charge in [0, 0.05) is 46.1 Å². The van der Waals surface area contributed by atoms with Gasteiger partial charge < -0.3 is 20.1 Å². The number of nitrogens with zero attached hydrogens (tertiary/aromatic N) is 5. The van der Waals surface area contributed by atoms with Crippen molar-refractivity contribution in [3.05, 3.63) is 53.4 Å². The molecule has 0 unspecified atom stereocenters. The third kappa shape index (κ3) is 6.49. The van der Waals surface area contributed by atoms with E-state index in [0.29, 0.717) is 16.1 Å². The molecule has 0 saturated carbocycles. The molecule has 1 aliphatic heterocycles. The van der Waals surface area contributed by atoms with Crippen LogP contribution in [0.25, 0.3) is 21.5 Å². The molecule has 1 amide bonds. The molecular weight excluding hydrogens is 539 g/mol. The van der Waals surface area contributed by atoms with Gasteiger partial charge in [-0.15, -0.1) is 11.3 Å². The van der Waals surface area contributed by atoms with E-state index in [-0.39, 0.29) is 24.0 Å². The zero-order chi connectivity index (χ0) is 28.7. The number of rotatable bonds is 7. The molecule has 1 aromatic carbocycles. The van der Waals surface area contributed by atoms with Gasteiger partial charge in [0.05, 0.1) is 29.4 Å². The van der Waals surface area contributed by atoms with Crippen LogP contribution in [0.2, 0.25) is 0 Å². The maximum atomic E-state index is 13.3. The first-order valence-corrected chi connectivity index (χ1v) is 14.1. The van der Waals surface area contributed by atoms with Crippen LogP contribution in [0.1, 0.15) is 48.8 Å². The van der Waals surface area contributed by atoms with Gasteiger partial charge in [0.1, 0.15) is 11.6 Å². The maximum absolute atomic E-state index is 13.3. The smallest absolute Gasteiger partial charge is 0.382 e. The summed E-state index contributed by atoms with van der Waals surface area (Å²) in [6.45, 7) is 7.17. The minimum absolute atomic E-state index is 0.229. The molecule has 4 aromatic rings. The third-order valence-corrected chi connectivity index (χ3v) is 8.12. The Hall–Kier alpha value is -3.38. The number of amides is 1. The van der Waals surface area contributed by atoms with Crippen molar-refractivity contribution in [2.45, 2.75) is 64.5 Å². The molecular formula is C28H34F3N7OS. The molecule has 0 aliphatic carbocycles. The molecule has 1 saturated heterocycles. The van der Waals surface area contributed by atoms with Crippen molar-refractivity contribution in [2.75, 3.05) is 25.5 Å². The number of piperidine rings is 1. The van der Waals surface area contributed by atoms with Gasteiger partial charge in [-0.3, -0.25) is 9.48 Å². The lowest BCUT2D eigenvalue weighted by atomic mass is 10.0. The molecule has 1 fully saturated rings. The van der Waals surface area contributed by atoms with Crippen molar-refractivity contribution < 1.29 is 18.0 Å². The van der Waals surface area contributed by atoms with Crippen molar-refractivity contribution in [3.8, 4) is 10.6 Å². The van der Waals surface area contributed by atoms with Gasteiger partial charge in [0.15, 0.2) is 0 Å². The number of likely N-dealkylation sites (tertiary alicyclic amines) is 1. The Bertz CT molecular complexity index is 1490. The average Bonchev–Trinajstić information content (AvgIpc) is 3.63. The van der Waals surface area contributed by atoms with Crippen LogP contribution in [-0.4, -0.2) is 62.5 Å². The molecule has 214 valence electrons. The van der Waals surface area contributed by atoms with E-state index in [0.717, 1.165) is 47.4 Å². The van der Waals surface area contributed by atoms with E-state index >= 15 is 0 Å². The van der Waals surface area contributed by atoms with E-state index in [1.165, 1.54) is 22.1 Å². The van der Waals surface area contributed by atoms with E-state index in [9.17, 15) is 18.0 Å². The van der Waals surface area contributed by atoms with Crippen molar-refractivity contribution >= 4 is 33.8 Å². The number of carbonyl (C=O) groups excluding carboxylic acids is 1. The monoisotopic (exact) mass is 573 g/mol. The summed E-state index contributed by atoms with van der Waals surface area (Å²) in [4.78, 5) is 20.3. The Balaban J connectivity index is 1.38. The lowest BCUT2D eigenvalue weighted by molar-refractivity contribution is -0.139. The van der Waals surface area contributed by atoms with Crippen LogP contribution in [0.5, 0.6) is 0 Å². The Morgan fingerprint density at radius 2 is 1.90 bits per heavy atom. The first kappa shape index (κ1) is 28.2. The first-order valence-electron chi connectivity index (χ1n) is 13.3. The fraction of sp³-hybridized carbons (Fsp3) is 0.464. The van der Waals surface area contributed by atoms with Gasteiger partial charge in [0.25, 0.3) is 5.91 Å². The summed E-state index contributed by atoms with van der Waals surface area (Å²) in [7, 11) is 2.09. The molecule has 4 heterocycles. The standard InChI is InChI=1S/C28H34F3N7OS/c1-27(2,3)38-16-19(13-34-38)25(39)32-14-21-15-33-26(40-21)18-11-23(35-20-5-8-36(4)9-6-20)22-7-10-37(24(22)12-18)17-28(29,30)31/h7,10-13,15-16,20,35H,5-6,8-9,14,17H2,1-4H3,(H,32,39). The van der Waals surface area contributed by atoms with Crippen LogP contribution in [0.4, 0.5) is 18.9 Å². The van der Waals surface area contributed by atoms with Gasteiger partial charge in [-0.1, -0.05) is 0 Å². The predicted octanol–water partition coefficient (Wildman–Crippen LogP) is 5.71. The van der Waals surface area contributed by atoms with E-state index in [1.807, 2.05) is 26.8 Å².